The molecular formula is C62H38F3N5. The van der Waals surface area contributed by atoms with E-state index in [1.165, 1.54) is 0 Å². The van der Waals surface area contributed by atoms with E-state index in [-0.39, 0.29) is 0 Å². The third-order valence-corrected chi connectivity index (χ3v) is 12.7. The molecule has 0 aliphatic heterocycles. The fourth-order valence-electron chi connectivity index (χ4n) is 9.25. The van der Waals surface area contributed by atoms with Crippen LogP contribution in [0.5, 0.6) is 0 Å². The maximum absolute atomic E-state index is 14.3. The third-order valence-electron chi connectivity index (χ3n) is 12.7. The summed E-state index contributed by atoms with van der Waals surface area (Å²) < 4.78 is 45.1. The number of halogens is 3. The van der Waals surface area contributed by atoms with Gasteiger partial charge in [-0.3, -0.25) is 0 Å². The second-order valence-corrected chi connectivity index (χ2v) is 17.2. The Morgan fingerprint density at radius 3 is 1.56 bits per heavy atom. The van der Waals surface area contributed by atoms with Crippen LogP contribution in [-0.2, 0) is 6.18 Å². The minimum absolute atomic E-state index is 0.527. The molecule has 0 radical (unpaired) electrons. The summed E-state index contributed by atoms with van der Waals surface area (Å²) in [6, 6.07) is 69.4. The lowest BCUT2D eigenvalue weighted by Gasteiger charge is -2.22. The number of benzene rings is 9. The van der Waals surface area contributed by atoms with Gasteiger partial charge in [-0.25, -0.2) is 14.8 Å². The van der Waals surface area contributed by atoms with Crippen LogP contribution < -0.4 is 0 Å². The van der Waals surface area contributed by atoms with E-state index in [2.05, 4.69) is 70.1 Å². The number of aromatic nitrogens is 3. The number of aryl methyl sites for hydroxylation is 1. The van der Waals surface area contributed by atoms with Crippen molar-refractivity contribution < 1.29 is 13.2 Å². The first-order valence-corrected chi connectivity index (χ1v) is 22.6. The van der Waals surface area contributed by atoms with Gasteiger partial charge in [-0.1, -0.05) is 145 Å². The monoisotopic (exact) mass is 909 g/mol. The Bertz CT molecular complexity index is 3710. The fourth-order valence-corrected chi connectivity index (χ4v) is 9.25. The largest absolute Gasteiger partial charge is 0.416 e. The fraction of sp³-hybridized carbons (Fsp3) is 0.0323. The number of alkyl halides is 3. The molecule has 11 rings (SSSR count). The van der Waals surface area contributed by atoms with Gasteiger partial charge in [0.25, 0.3) is 0 Å². The first-order valence-electron chi connectivity index (χ1n) is 22.6. The molecule has 8 heteroatoms. The summed E-state index contributed by atoms with van der Waals surface area (Å²) >= 11 is 0. The van der Waals surface area contributed by atoms with Crippen LogP contribution in [0, 0.1) is 24.8 Å². The van der Waals surface area contributed by atoms with Crippen LogP contribution >= 0.6 is 0 Å². The van der Waals surface area contributed by atoms with Crippen molar-refractivity contribution in [2.45, 2.75) is 13.1 Å². The number of rotatable bonds is 8. The molecule has 332 valence electrons. The Labute approximate surface area is 402 Å². The smallest absolute Gasteiger partial charge is 0.308 e. The van der Waals surface area contributed by atoms with Crippen molar-refractivity contribution in [2.75, 3.05) is 0 Å². The Kier molecular flexibility index (Phi) is 10.9. The molecule has 9 aromatic carbocycles. The Morgan fingerprint density at radius 1 is 0.486 bits per heavy atom. The normalized spacial score (nSPS) is 11.4. The molecule has 0 atom stereocenters. The van der Waals surface area contributed by atoms with Crippen LogP contribution in [0.3, 0.4) is 0 Å². The molecule has 0 fully saturated rings. The maximum atomic E-state index is 14.3. The molecule has 0 aliphatic carbocycles. The SMILES string of the molecule is [C-]#[N+]c1cccc(-c2ccc3c(c2)c2cc(-c4cccc(C#N)c4)ccc2n3-c2c(-c3ccc(C)cc3)cc(-c3cc(-c4ccccc4)nc(-c4ccccc4)n3)cc2-c2ccc(C(F)(F)F)cc2)c1. The van der Waals surface area contributed by atoms with Crippen molar-refractivity contribution in [3.63, 3.8) is 0 Å². The van der Waals surface area contributed by atoms with Gasteiger partial charge in [-0.05, 0) is 113 Å². The average Bonchev–Trinajstić information content (AvgIpc) is 3.73. The van der Waals surface area contributed by atoms with E-state index >= 15 is 0 Å². The van der Waals surface area contributed by atoms with Gasteiger partial charge in [-0.2, -0.15) is 18.4 Å². The van der Waals surface area contributed by atoms with Gasteiger partial charge in [0, 0.05) is 38.6 Å². The van der Waals surface area contributed by atoms with E-state index in [0.29, 0.717) is 33.9 Å². The highest BCUT2D eigenvalue weighted by molar-refractivity contribution is 6.13. The summed E-state index contributed by atoms with van der Waals surface area (Å²) in [6.45, 7) is 9.76. The molecule has 0 saturated carbocycles. The molecule has 0 saturated heterocycles. The standard InChI is InChI=1S/C62H38F3N5/c1-39-19-21-41(22-20-39)52-35-49(57-37-56(43-12-5-3-6-13-43)68-61(69-57)44-14-7-4-8-15-44)36-53(42-23-27-50(28-24-42)62(63,64)65)60(52)70-58-29-25-47(45-16-9-11-40(31-45)38-66)33-54(58)55-34-48(26-30-59(55)70)46-17-10-18-51(32-46)67-2/h3-37H,1H3. The van der Waals surface area contributed by atoms with Gasteiger partial charge in [0.2, 0.25) is 0 Å². The topological polar surface area (TPSA) is 58.9 Å². The molecule has 2 heterocycles. The molecule has 5 nitrogen and oxygen atoms in total. The Morgan fingerprint density at radius 2 is 0.986 bits per heavy atom. The summed E-state index contributed by atoms with van der Waals surface area (Å²) in [5.74, 6) is 0.533. The third kappa shape index (κ3) is 8.14. The van der Waals surface area contributed by atoms with Crippen molar-refractivity contribution >= 4 is 27.5 Å². The second kappa shape index (κ2) is 17.7. The molecule has 0 N–H and O–H groups in total. The number of hydrogen-bond donors (Lipinski definition) is 0. The molecule has 0 bridgehead atoms. The molecular weight excluding hydrogens is 872 g/mol. The van der Waals surface area contributed by atoms with Crippen molar-refractivity contribution in [1.29, 1.82) is 5.26 Å². The highest BCUT2D eigenvalue weighted by Crippen LogP contribution is 2.46. The Hall–Kier alpha value is -9.37. The van der Waals surface area contributed by atoms with Gasteiger partial charge in [0.1, 0.15) is 0 Å². The molecule has 0 aliphatic rings. The van der Waals surface area contributed by atoms with Crippen LogP contribution in [-0.4, -0.2) is 14.5 Å². The summed E-state index contributed by atoms with van der Waals surface area (Å²) in [4.78, 5) is 14.0. The minimum atomic E-state index is -4.54. The zero-order chi connectivity index (χ0) is 47.9. The lowest BCUT2D eigenvalue weighted by Crippen LogP contribution is -2.05. The van der Waals surface area contributed by atoms with E-state index in [1.54, 1.807) is 24.3 Å². The van der Waals surface area contributed by atoms with Crippen molar-refractivity contribution in [3.05, 3.63) is 240 Å². The number of nitriles is 1. The van der Waals surface area contributed by atoms with Gasteiger partial charge in [0.15, 0.2) is 11.5 Å². The maximum Gasteiger partial charge on any atom is 0.416 e. The summed E-state index contributed by atoms with van der Waals surface area (Å²) in [5, 5.41) is 11.7. The van der Waals surface area contributed by atoms with E-state index in [1.807, 2.05) is 128 Å². The number of nitrogens with zero attached hydrogens (tertiary/aromatic N) is 5. The zero-order valence-corrected chi connectivity index (χ0v) is 37.6. The highest BCUT2D eigenvalue weighted by atomic mass is 19.4. The molecule has 0 amide bonds. The van der Waals surface area contributed by atoms with E-state index in [9.17, 15) is 18.4 Å². The number of hydrogen-bond acceptors (Lipinski definition) is 3. The molecule has 0 spiro atoms. The molecule has 2 aromatic heterocycles. The lowest BCUT2D eigenvalue weighted by atomic mass is 9.91. The highest BCUT2D eigenvalue weighted by Gasteiger charge is 2.31. The van der Waals surface area contributed by atoms with Crippen LogP contribution in [0.25, 0.3) is 111 Å². The lowest BCUT2D eigenvalue weighted by molar-refractivity contribution is -0.137. The van der Waals surface area contributed by atoms with Gasteiger partial charge in [0.05, 0.1) is 51.9 Å². The van der Waals surface area contributed by atoms with Gasteiger partial charge >= 0.3 is 6.18 Å². The number of fused-ring (bicyclic) bond motifs is 3. The van der Waals surface area contributed by atoms with Crippen LogP contribution in [0.1, 0.15) is 16.7 Å². The molecule has 11 aromatic rings. The quantitative estimate of drug-likeness (QED) is 0.143. The first kappa shape index (κ1) is 43.2. The summed E-state index contributed by atoms with van der Waals surface area (Å²) in [5.41, 5.74) is 14.3. The molecule has 0 unspecified atom stereocenters. The van der Waals surface area contributed by atoms with E-state index < -0.39 is 11.7 Å². The zero-order valence-electron chi connectivity index (χ0n) is 37.6. The van der Waals surface area contributed by atoms with Crippen molar-refractivity contribution in [1.82, 2.24) is 14.5 Å². The van der Waals surface area contributed by atoms with Crippen LogP contribution in [0.15, 0.2) is 212 Å². The van der Waals surface area contributed by atoms with Gasteiger partial charge < -0.3 is 4.57 Å². The summed E-state index contributed by atoms with van der Waals surface area (Å²) in [7, 11) is 0. The summed E-state index contributed by atoms with van der Waals surface area (Å²) in [6.07, 6.45) is -4.54. The van der Waals surface area contributed by atoms with E-state index in [4.69, 9.17) is 16.5 Å². The van der Waals surface area contributed by atoms with Crippen LogP contribution in [0.4, 0.5) is 18.9 Å². The average molecular weight is 910 g/mol. The van der Waals surface area contributed by atoms with E-state index in [0.717, 1.165) is 101 Å². The first-order chi connectivity index (χ1) is 34.1. The predicted octanol–water partition coefficient (Wildman–Crippen LogP) is 17.0. The minimum Gasteiger partial charge on any atom is -0.308 e. The van der Waals surface area contributed by atoms with Crippen LogP contribution in [0.2, 0.25) is 0 Å². The Balaban J connectivity index is 1.26. The van der Waals surface area contributed by atoms with Gasteiger partial charge in [-0.15, -0.1) is 0 Å². The van der Waals surface area contributed by atoms with Crippen molar-refractivity contribution in [3.8, 4) is 90.2 Å². The second-order valence-electron chi connectivity index (χ2n) is 17.2. The van der Waals surface area contributed by atoms with Crippen molar-refractivity contribution in [2.24, 2.45) is 0 Å². The molecule has 70 heavy (non-hydrogen) atoms. The predicted molar refractivity (Wildman–Crippen MR) is 275 cm³/mol.